The minimum Gasteiger partial charge on any atom is -0.472 e. The Balaban J connectivity index is 1.92. The lowest BCUT2D eigenvalue weighted by atomic mass is 10.1. The van der Waals surface area contributed by atoms with E-state index in [2.05, 4.69) is 15.5 Å². The molecule has 4 heteroatoms. The molecule has 0 unspecified atom stereocenters. The van der Waals surface area contributed by atoms with Gasteiger partial charge in [0.1, 0.15) is 6.10 Å². The molecule has 1 aromatic heterocycles. The van der Waals surface area contributed by atoms with E-state index in [0.717, 1.165) is 25.2 Å². The van der Waals surface area contributed by atoms with Gasteiger partial charge in [0.15, 0.2) is 0 Å². The Morgan fingerprint density at radius 2 is 2.36 bits per heavy atom. The number of nitrogens with one attached hydrogen (secondary N) is 1. The van der Waals surface area contributed by atoms with E-state index >= 15 is 0 Å². The van der Waals surface area contributed by atoms with Crippen molar-refractivity contribution in [1.29, 1.82) is 0 Å². The average Bonchev–Trinajstić information content (AvgIpc) is 2.23. The molecule has 0 radical (unpaired) electrons. The van der Waals surface area contributed by atoms with Crippen molar-refractivity contribution >= 4 is 0 Å². The van der Waals surface area contributed by atoms with Crippen molar-refractivity contribution in [1.82, 2.24) is 15.5 Å². The van der Waals surface area contributed by atoms with E-state index in [9.17, 15) is 0 Å². The standard InChI is InChI=1S/C10H15N3O/c1-8-4-5-10(13-12-8)14-9-3-2-6-11-7-9/h4-5,9,11H,2-3,6-7H2,1H3/t9-/m0/s1. The van der Waals surface area contributed by atoms with Crippen molar-refractivity contribution in [2.45, 2.75) is 25.9 Å². The summed E-state index contributed by atoms with van der Waals surface area (Å²) >= 11 is 0. The van der Waals surface area contributed by atoms with Gasteiger partial charge in [-0.05, 0) is 32.4 Å². The predicted molar refractivity (Wildman–Crippen MR) is 53.3 cm³/mol. The Morgan fingerprint density at radius 1 is 1.43 bits per heavy atom. The first-order chi connectivity index (χ1) is 6.84. The van der Waals surface area contributed by atoms with Gasteiger partial charge in [0.05, 0.1) is 5.69 Å². The van der Waals surface area contributed by atoms with Crippen molar-refractivity contribution in [3.63, 3.8) is 0 Å². The highest BCUT2D eigenvalue weighted by Crippen LogP contribution is 2.11. The fourth-order valence-corrected chi connectivity index (χ4v) is 1.54. The van der Waals surface area contributed by atoms with Crippen LogP contribution >= 0.6 is 0 Å². The van der Waals surface area contributed by atoms with Crippen molar-refractivity contribution in [3.8, 4) is 5.88 Å². The zero-order valence-electron chi connectivity index (χ0n) is 8.36. The van der Waals surface area contributed by atoms with Crippen LogP contribution in [0.4, 0.5) is 0 Å². The topological polar surface area (TPSA) is 47.0 Å². The zero-order valence-corrected chi connectivity index (χ0v) is 8.36. The third-order valence-electron chi connectivity index (χ3n) is 2.31. The molecule has 1 fully saturated rings. The number of hydrogen-bond acceptors (Lipinski definition) is 4. The first-order valence-corrected chi connectivity index (χ1v) is 5.02. The molecule has 0 saturated carbocycles. The van der Waals surface area contributed by atoms with Gasteiger partial charge in [-0.15, -0.1) is 5.10 Å². The smallest absolute Gasteiger partial charge is 0.233 e. The molecule has 2 heterocycles. The zero-order chi connectivity index (χ0) is 9.80. The Morgan fingerprint density at radius 3 is 3.00 bits per heavy atom. The lowest BCUT2D eigenvalue weighted by molar-refractivity contribution is 0.159. The molecule has 1 N–H and O–H groups in total. The maximum atomic E-state index is 5.67. The lowest BCUT2D eigenvalue weighted by Gasteiger charge is -2.22. The Bertz CT molecular complexity index is 280. The summed E-state index contributed by atoms with van der Waals surface area (Å²) in [6, 6.07) is 3.79. The lowest BCUT2D eigenvalue weighted by Crippen LogP contribution is -2.37. The minimum atomic E-state index is 0.251. The minimum absolute atomic E-state index is 0.251. The van der Waals surface area contributed by atoms with E-state index in [0.29, 0.717) is 5.88 Å². The molecular formula is C10H15N3O. The molecule has 1 aliphatic rings. The average molecular weight is 193 g/mol. The SMILES string of the molecule is Cc1ccc(O[C@H]2CCCNC2)nn1. The summed E-state index contributed by atoms with van der Waals surface area (Å²) < 4.78 is 5.67. The highest BCUT2D eigenvalue weighted by atomic mass is 16.5. The number of hydrogen-bond donors (Lipinski definition) is 1. The number of rotatable bonds is 2. The summed E-state index contributed by atoms with van der Waals surface area (Å²) in [6.07, 6.45) is 2.52. The highest BCUT2D eigenvalue weighted by Gasteiger charge is 2.14. The van der Waals surface area contributed by atoms with Crippen molar-refractivity contribution in [3.05, 3.63) is 17.8 Å². The quantitative estimate of drug-likeness (QED) is 0.758. The van der Waals surface area contributed by atoms with E-state index < -0.39 is 0 Å². The van der Waals surface area contributed by atoms with Crippen LogP contribution in [0.1, 0.15) is 18.5 Å². The van der Waals surface area contributed by atoms with Gasteiger partial charge in [-0.25, -0.2) is 0 Å². The predicted octanol–water partition coefficient (Wildman–Crippen LogP) is 0.916. The molecule has 1 aromatic rings. The second kappa shape index (κ2) is 4.37. The summed E-state index contributed by atoms with van der Waals surface area (Å²) in [4.78, 5) is 0. The summed E-state index contributed by atoms with van der Waals surface area (Å²) in [5, 5.41) is 11.2. The number of piperidine rings is 1. The van der Waals surface area contributed by atoms with Crippen LogP contribution in [0, 0.1) is 6.92 Å². The van der Waals surface area contributed by atoms with Crippen LogP contribution < -0.4 is 10.1 Å². The van der Waals surface area contributed by atoms with E-state index in [-0.39, 0.29) is 6.10 Å². The van der Waals surface area contributed by atoms with Gasteiger partial charge < -0.3 is 10.1 Å². The maximum absolute atomic E-state index is 5.67. The third kappa shape index (κ3) is 2.42. The molecule has 1 saturated heterocycles. The molecule has 0 aromatic carbocycles. The van der Waals surface area contributed by atoms with Gasteiger partial charge in [0.25, 0.3) is 0 Å². The molecule has 1 atom stereocenters. The second-order valence-corrected chi connectivity index (χ2v) is 3.60. The van der Waals surface area contributed by atoms with Gasteiger partial charge in [0.2, 0.25) is 5.88 Å². The normalized spacial score (nSPS) is 21.9. The molecule has 0 bridgehead atoms. The fraction of sp³-hybridized carbons (Fsp3) is 0.600. The van der Waals surface area contributed by atoms with Crippen molar-refractivity contribution in [2.24, 2.45) is 0 Å². The number of aryl methyl sites for hydroxylation is 1. The van der Waals surface area contributed by atoms with Crippen molar-refractivity contribution < 1.29 is 4.74 Å². The van der Waals surface area contributed by atoms with Crippen LogP contribution in [0.25, 0.3) is 0 Å². The number of ether oxygens (including phenoxy) is 1. The molecule has 76 valence electrons. The van der Waals surface area contributed by atoms with Gasteiger partial charge in [-0.2, -0.15) is 5.10 Å². The van der Waals surface area contributed by atoms with Gasteiger partial charge in [0, 0.05) is 12.6 Å². The molecular weight excluding hydrogens is 178 g/mol. The van der Waals surface area contributed by atoms with Gasteiger partial charge >= 0.3 is 0 Å². The Labute approximate surface area is 83.7 Å². The molecule has 14 heavy (non-hydrogen) atoms. The molecule has 0 spiro atoms. The maximum Gasteiger partial charge on any atom is 0.233 e. The highest BCUT2D eigenvalue weighted by molar-refractivity contribution is 5.10. The third-order valence-corrected chi connectivity index (χ3v) is 2.31. The second-order valence-electron chi connectivity index (χ2n) is 3.60. The van der Waals surface area contributed by atoms with E-state index in [4.69, 9.17) is 4.74 Å². The van der Waals surface area contributed by atoms with Crippen LogP contribution in [0.2, 0.25) is 0 Å². The summed E-state index contributed by atoms with van der Waals surface area (Å²) in [5.74, 6) is 0.629. The number of aromatic nitrogens is 2. The molecule has 4 nitrogen and oxygen atoms in total. The monoisotopic (exact) mass is 193 g/mol. The summed E-state index contributed by atoms with van der Waals surface area (Å²) in [6.45, 7) is 3.92. The fourth-order valence-electron chi connectivity index (χ4n) is 1.54. The molecule has 2 rings (SSSR count). The molecule has 0 aliphatic carbocycles. The van der Waals surface area contributed by atoms with E-state index in [1.54, 1.807) is 0 Å². The van der Waals surface area contributed by atoms with Crippen LogP contribution in [0.15, 0.2) is 12.1 Å². The van der Waals surface area contributed by atoms with E-state index in [1.807, 2.05) is 19.1 Å². The Kier molecular flexibility index (Phi) is 2.93. The Hall–Kier alpha value is -1.16. The summed E-state index contributed by atoms with van der Waals surface area (Å²) in [7, 11) is 0. The van der Waals surface area contributed by atoms with Crippen LogP contribution in [0.5, 0.6) is 5.88 Å². The van der Waals surface area contributed by atoms with Gasteiger partial charge in [-0.1, -0.05) is 0 Å². The molecule has 1 aliphatic heterocycles. The van der Waals surface area contributed by atoms with Crippen LogP contribution in [-0.4, -0.2) is 29.4 Å². The summed E-state index contributed by atoms with van der Waals surface area (Å²) in [5.41, 5.74) is 0.916. The first-order valence-electron chi connectivity index (χ1n) is 5.02. The van der Waals surface area contributed by atoms with E-state index in [1.165, 1.54) is 6.42 Å². The van der Waals surface area contributed by atoms with Crippen molar-refractivity contribution in [2.75, 3.05) is 13.1 Å². The first kappa shape index (κ1) is 9.40. The largest absolute Gasteiger partial charge is 0.472 e. The van der Waals surface area contributed by atoms with Crippen LogP contribution in [0.3, 0.4) is 0 Å². The van der Waals surface area contributed by atoms with Crippen LogP contribution in [-0.2, 0) is 0 Å². The number of nitrogens with zero attached hydrogens (tertiary/aromatic N) is 2. The van der Waals surface area contributed by atoms with Gasteiger partial charge in [-0.3, -0.25) is 0 Å². The molecule has 0 amide bonds.